The number of hydrogen-bond acceptors (Lipinski definition) is 1. The topological polar surface area (TPSA) is 9.23 Å². The van der Waals surface area contributed by atoms with Crippen molar-refractivity contribution in [3.8, 4) is 0 Å². The molecule has 0 aliphatic heterocycles. The number of rotatable bonds is 9. The first-order valence-electron chi connectivity index (χ1n) is 8.46. The normalized spacial score (nSPS) is 14.0. The minimum absolute atomic E-state index is 0.215. The van der Waals surface area contributed by atoms with Crippen LogP contribution in [0.4, 0.5) is 0 Å². The van der Waals surface area contributed by atoms with Gasteiger partial charge in [-0.2, -0.15) is 0 Å². The Morgan fingerprint density at radius 2 is 1.57 bits per heavy atom. The fourth-order valence-corrected chi connectivity index (χ4v) is 5.53. The Bertz CT molecular complexity index is 399. The monoisotopic (exact) mass is 304 g/mol. The van der Waals surface area contributed by atoms with Crippen LogP contribution in [0, 0.1) is 5.92 Å². The van der Waals surface area contributed by atoms with E-state index in [4.69, 9.17) is 4.43 Å². The van der Waals surface area contributed by atoms with Crippen LogP contribution in [0.3, 0.4) is 0 Å². The van der Waals surface area contributed by atoms with Crippen LogP contribution >= 0.6 is 0 Å². The summed E-state index contributed by atoms with van der Waals surface area (Å²) in [4.78, 5) is 0. The zero-order valence-electron chi connectivity index (χ0n) is 14.4. The summed E-state index contributed by atoms with van der Waals surface area (Å²) in [5, 5.41) is 0. The van der Waals surface area contributed by atoms with Crippen LogP contribution in [0.25, 0.3) is 0 Å². The molecule has 0 heterocycles. The molecule has 118 valence electrons. The maximum absolute atomic E-state index is 6.74. The van der Waals surface area contributed by atoms with Gasteiger partial charge in [-0.05, 0) is 36.0 Å². The van der Waals surface area contributed by atoms with E-state index in [0.29, 0.717) is 5.92 Å². The minimum Gasteiger partial charge on any atom is -0.410 e. The number of benzene rings is 1. The average molecular weight is 305 g/mol. The summed E-state index contributed by atoms with van der Waals surface area (Å²) in [6.07, 6.45) is 5.78. The Hall–Kier alpha value is -0.863. The second-order valence-corrected chi connectivity index (χ2v) is 10.9. The van der Waals surface area contributed by atoms with Crippen molar-refractivity contribution in [2.75, 3.05) is 0 Å². The molecule has 0 saturated carbocycles. The maximum Gasteiger partial charge on any atom is 0.192 e. The molecule has 0 spiro atoms. The summed E-state index contributed by atoms with van der Waals surface area (Å²) in [6, 6.07) is 14.3. The minimum atomic E-state index is -1.57. The predicted octanol–water partition coefficient (Wildman–Crippen LogP) is 6.35. The lowest BCUT2D eigenvalue weighted by Crippen LogP contribution is -2.37. The Balaban J connectivity index is 2.91. The first-order chi connectivity index (χ1) is 10.1. The summed E-state index contributed by atoms with van der Waals surface area (Å²) in [5.74, 6) is 0.604. The van der Waals surface area contributed by atoms with Crippen LogP contribution in [0.5, 0.6) is 0 Å². The van der Waals surface area contributed by atoms with Gasteiger partial charge < -0.3 is 4.43 Å². The molecule has 0 N–H and O–H groups in total. The van der Waals surface area contributed by atoms with Crippen molar-refractivity contribution in [2.24, 2.45) is 5.92 Å². The van der Waals surface area contributed by atoms with E-state index >= 15 is 0 Å². The highest BCUT2D eigenvalue weighted by Gasteiger charge is 2.32. The van der Waals surface area contributed by atoms with E-state index < -0.39 is 8.32 Å². The van der Waals surface area contributed by atoms with E-state index in [-0.39, 0.29) is 6.10 Å². The van der Waals surface area contributed by atoms with Crippen LogP contribution in [0.15, 0.2) is 42.5 Å². The molecule has 21 heavy (non-hydrogen) atoms. The third kappa shape index (κ3) is 5.80. The molecule has 1 rings (SSSR count). The Morgan fingerprint density at radius 3 is 2.05 bits per heavy atom. The van der Waals surface area contributed by atoms with Gasteiger partial charge in [0, 0.05) is 0 Å². The Labute approximate surface area is 132 Å². The van der Waals surface area contributed by atoms with Crippen molar-refractivity contribution in [1.82, 2.24) is 0 Å². The zero-order chi connectivity index (χ0) is 15.7. The lowest BCUT2D eigenvalue weighted by atomic mass is 10.1. The summed E-state index contributed by atoms with van der Waals surface area (Å²) < 4.78 is 6.74. The van der Waals surface area contributed by atoms with Crippen molar-refractivity contribution >= 4 is 8.32 Å². The lowest BCUT2D eigenvalue weighted by Gasteiger charge is -2.33. The second kappa shape index (κ2) is 9.21. The molecule has 1 nitrogen and oxygen atoms in total. The van der Waals surface area contributed by atoms with Crippen molar-refractivity contribution in [2.45, 2.75) is 65.3 Å². The molecule has 0 radical (unpaired) electrons. The van der Waals surface area contributed by atoms with Gasteiger partial charge in [0.15, 0.2) is 8.32 Å². The van der Waals surface area contributed by atoms with Gasteiger partial charge in [-0.25, -0.2) is 0 Å². The Kier molecular flexibility index (Phi) is 7.98. The van der Waals surface area contributed by atoms with Gasteiger partial charge >= 0.3 is 0 Å². The summed E-state index contributed by atoms with van der Waals surface area (Å²) in [5.41, 5.74) is 1.32. The molecule has 0 aliphatic carbocycles. The molecular formula is C19H32OSi. The molecule has 1 atom stereocenters. The first-order valence-corrected chi connectivity index (χ1v) is 11.0. The average Bonchev–Trinajstić information content (AvgIpc) is 2.52. The van der Waals surface area contributed by atoms with Gasteiger partial charge in [0.05, 0.1) is 6.10 Å². The maximum atomic E-state index is 6.74. The van der Waals surface area contributed by atoms with Gasteiger partial charge in [-0.15, -0.1) is 0 Å². The smallest absolute Gasteiger partial charge is 0.192 e. The third-order valence-electron chi connectivity index (χ3n) is 4.37. The lowest BCUT2D eigenvalue weighted by molar-refractivity contribution is 0.193. The predicted molar refractivity (Wildman–Crippen MR) is 96.1 cm³/mol. The van der Waals surface area contributed by atoms with E-state index in [0.717, 1.165) is 6.42 Å². The fourth-order valence-electron chi connectivity index (χ4n) is 2.70. The van der Waals surface area contributed by atoms with Gasteiger partial charge in [0.25, 0.3) is 0 Å². The molecule has 0 amide bonds. The zero-order valence-corrected chi connectivity index (χ0v) is 15.4. The van der Waals surface area contributed by atoms with Crippen molar-refractivity contribution < 1.29 is 4.43 Å². The highest BCUT2D eigenvalue weighted by molar-refractivity contribution is 6.73. The number of hydrogen-bond donors (Lipinski definition) is 0. The van der Waals surface area contributed by atoms with Crippen molar-refractivity contribution in [3.05, 3.63) is 48.0 Å². The molecular weight excluding hydrogens is 272 g/mol. The fraction of sp³-hybridized carbons (Fsp3) is 0.579. The summed E-state index contributed by atoms with van der Waals surface area (Å²) in [7, 11) is -1.57. The van der Waals surface area contributed by atoms with Gasteiger partial charge in [0.1, 0.15) is 0 Å². The molecule has 1 aromatic rings. The molecule has 0 fully saturated rings. The molecule has 0 aliphatic rings. The van der Waals surface area contributed by atoms with E-state index in [2.05, 4.69) is 77.1 Å². The third-order valence-corrected chi connectivity index (χ3v) is 9.02. The quantitative estimate of drug-likeness (QED) is 0.381. The van der Waals surface area contributed by atoms with Gasteiger partial charge in [-0.1, -0.05) is 77.1 Å². The SMILES string of the molecule is CC[Si](CC)(CC)OC(C/C=C/C(C)C)c1ccccc1. The van der Waals surface area contributed by atoms with E-state index in [1.165, 1.54) is 23.7 Å². The van der Waals surface area contributed by atoms with Crippen LogP contribution in [0.2, 0.25) is 18.1 Å². The largest absolute Gasteiger partial charge is 0.410 e. The van der Waals surface area contributed by atoms with E-state index in [9.17, 15) is 0 Å². The van der Waals surface area contributed by atoms with Crippen LogP contribution in [0.1, 0.15) is 52.7 Å². The highest BCUT2D eigenvalue weighted by Crippen LogP contribution is 2.32. The summed E-state index contributed by atoms with van der Waals surface area (Å²) >= 11 is 0. The van der Waals surface area contributed by atoms with Crippen molar-refractivity contribution in [3.63, 3.8) is 0 Å². The van der Waals surface area contributed by atoms with Crippen LogP contribution < -0.4 is 0 Å². The standard InChI is InChI=1S/C19H32OSi/c1-6-21(7-2,8-3)20-19(16-12-13-17(4)5)18-14-10-9-11-15-18/h9-15,17,19H,6-8,16H2,1-5H3/b13-12+. The molecule has 2 heteroatoms. The molecule has 0 saturated heterocycles. The van der Waals surface area contributed by atoms with E-state index in [1.807, 2.05) is 0 Å². The first kappa shape index (κ1) is 18.2. The second-order valence-electron chi connectivity index (χ2n) is 6.17. The van der Waals surface area contributed by atoms with E-state index in [1.54, 1.807) is 0 Å². The van der Waals surface area contributed by atoms with Crippen LogP contribution in [-0.2, 0) is 4.43 Å². The molecule has 1 aromatic carbocycles. The summed E-state index contributed by atoms with van der Waals surface area (Å²) in [6.45, 7) is 11.3. The Morgan fingerprint density at radius 1 is 1.00 bits per heavy atom. The van der Waals surface area contributed by atoms with Crippen molar-refractivity contribution in [1.29, 1.82) is 0 Å². The number of allylic oxidation sites excluding steroid dienone is 1. The van der Waals surface area contributed by atoms with Gasteiger partial charge in [-0.3, -0.25) is 0 Å². The van der Waals surface area contributed by atoms with Crippen LogP contribution in [-0.4, -0.2) is 8.32 Å². The highest BCUT2D eigenvalue weighted by atomic mass is 28.4. The molecule has 0 aromatic heterocycles. The van der Waals surface area contributed by atoms with Gasteiger partial charge in [0.2, 0.25) is 0 Å². The molecule has 0 bridgehead atoms. The molecule has 1 unspecified atom stereocenters.